The van der Waals surface area contributed by atoms with Gasteiger partial charge in [-0.2, -0.15) is 17.9 Å². The number of hydrogen-bond donors (Lipinski definition) is 1. The smallest absolute Gasteiger partial charge is 0.368 e. The first-order chi connectivity index (χ1) is 21.0. The molecule has 1 aliphatic heterocycles. The van der Waals surface area contributed by atoms with E-state index in [-0.39, 0.29) is 17.1 Å². The fraction of sp³-hybridized carbons (Fsp3) is 0.323. The van der Waals surface area contributed by atoms with Gasteiger partial charge in [-0.3, -0.25) is 9.36 Å². The number of hydrogen-bond acceptors (Lipinski definition) is 6. The van der Waals surface area contributed by atoms with E-state index in [0.29, 0.717) is 54.8 Å². The summed E-state index contributed by atoms with van der Waals surface area (Å²) in [5.74, 6) is -0.355. The van der Waals surface area contributed by atoms with Crippen molar-refractivity contribution in [2.24, 2.45) is 0 Å². The summed E-state index contributed by atoms with van der Waals surface area (Å²) in [5, 5.41) is 4.30. The van der Waals surface area contributed by atoms with Gasteiger partial charge in [-0.15, -0.1) is 5.10 Å². The molecule has 1 atom stereocenters. The molecule has 44 heavy (non-hydrogen) atoms. The van der Waals surface area contributed by atoms with E-state index < -0.39 is 39.5 Å². The summed E-state index contributed by atoms with van der Waals surface area (Å²) in [6, 6.07) is 17.9. The van der Waals surface area contributed by atoms with Crippen molar-refractivity contribution in [3.05, 3.63) is 100 Å². The first kappa shape index (κ1) is 31.2. The van der Waals surface area contributed by atoms with Crippen LogP contribution in [0.1, 0.15) is 49.6 Å². The van der Waals surface area contributed by atoms with Crippen molar-refractivity contribution in [3.63, 3.8) is 0 Å². The average Bonchev–Trinajstić information content (AvgIpc) is 3.65. The van der Waals surface area contributed by atoms with Crippen LogP contribution in [0, 0.1) is 0 Å². The molecule has 9 nitrogen and oxygen atoms in total. The molecule has 0 bridgehead atoms. The third-order valence-corrected chi connectivity index (χ3v) is 8.77. The van der Waals surface area contributed by atoms with Gasteiger partial charge >= 0.3 is 11.9 Å². The minimum absolute atomic E-state index is 0.0454. The number of nitrogens with one attached hydrogen (secondary N) is 1. The normalized spacial score (nSPS) is 15.4. The van der Waals surface area contributed by atoms with Crippen LogP contribution in [-0.4, -0.2) is 41.4 Å². The van der Waals surface area contributed by atoms with Crippen LogP contribution in [0.3, 0.4) is 0 Å². The number of aromatic nitrogens is 3. The Morgan fingerprint density at radius 1 is 1.05 bits per heavy atom. The van der Waals surface area contributed by atoms with Gasteiger partial charge in [0.1, 0.15) is 11.9 Å². The molecule has 1 N–H and O–H groups in total. The van der Waals surface area contributed by atoms with Crippen molar-refractivity contribution in [3.8, 4) is 16.8 Å². The van der Waals surface area contributed by atoms with Crippen LogP contribution in [0.25, 0.3) is 16.8 Å². The van der Waals surface area contributed by atoms with E-state index in [0.717, 1.165) is 17.2 Å². The van der Waals surface area contributed by atoms with Gasteiger partial charge in [0.25, 0.3) is 15.9 Å². The molecular formula is C31H31F3N4O5S. The molecule has 0 spiro atoms. The van der Waals surface area contributed by atoms with E-state index in [2.05, 4.69) is 9.82 Å². The summed E-state index contributed by atoms with van der Waals surface area (Å²) in [6.07, 6.45) is -2.48. The fourth-order valence-corrected chi connectivity index (χ4v) is 6.36. The number of sulfonamides is 1. The minimum Gasteiger partial charge on any atom is -0.368 e. The average molecular weight is 629 g/mol. The Kier molecular flexibility index (Phi) is 9.07. The molecule has 0 saturated carbocycles. The van der Waals surface area contributed by atoms with Crippen LogP contribution in [0.15, 0.2) is 82.5 Å². The summed E-state index contributed by atoms with van der Waals surface area (Å²) in [7, 11) is -4.21. The number of halogens is 3. The van der Waals surface area contributed by atoms with Gasteiger partial charge in [-0.1, -0.05) is 67.9 Å². The number of alkyl halides is 3. The highest BCUT2D eigenvalue weighted by Crippen LogP contribution is 2.33. The number of para-hydroxylation sites is 1. The Balaban J connectivity index is 1.44. The molecule has 1 fully saturated rings. The standard InChI is InChI=1S/C31H31F3N4O5S/c1-2-3-14-28-35-38(25-11-6-5-10-24(25)31(32,33)34)30(40)37(28)20-21-15-17-22(18-16-21)23-9-4-7-13-27(23)44(41,42)36-29(39)26-12-8-19-43-26/h4-7,9-11,13,15-18,26H,2-3,8,12,14,19-20H2,1H3,(H,36,39). The number of ether oxygens (including phenoxy) is 1. The molecule has 5 rings (SSSR count). The second-order valence-electron chi connectivity index (χ2n) is 10.5. The molecule has 3 aromatic carbocycles. The Hall–Kier alpha value is -4.23. The van der Waals surface area contributed by atoms with Crippen molar-refractivity contribution in [2.75, 3.05) is 6.61 Å². The van der Waals surface area contributed by atoms with Crippen molar-refractivity contribution in [1.82, 2.24) is 19.1 Å². The highest BCUT2D eigenvalue weighted by atomic mass is 32.2. The molecule has 1 unspecified atom stereocenters. The topological polar surface area (TPSA) is 112 Å². The zero-order valence-corrected chi connectivity index (χ0v) is 24.7. The Morgan fingerprint density at radius 2 is 1.75 bits per heavy atom. The van der Waals surface area contributed by atoms with Gasteiger partial charge in [-0.25, -0.2) is 17.9 Å². The summed E-state index contributed by atoms with van der Waals surface area (Å²) in [5.41, 5.74) is -0.434. The van der Waals surface area contributed by atoms with E-state index in [1.165, 1.54) is 28.8 Å². The molecule has 4 aromatic rings. The molecule has 232 valence electrons. The molecule has 1 aromatic heterocycles. The first-order valence-electron chi connectivity index (χ1n) is 14.2. The summed E-state index contributed by atoms with van der Waals surface area (Å²) >= 11 is 0. The van der Waals surface area contributed by atoms with Crippen LogP contribution >= 0.6 is 0 Å². The summed E-state index contributed by atoms with van der Waals surface area (Å²) in [6.45, 7) is 2.40. The fourth-order valence-electron chi connectivity index (χ4n) is 5.12. The van der Waals surface area contributed by atoms with Gasteiger partial charge < -0.3 is 4.74 Å². The second-order valence-corrected chi connectivity index (χ2v) is 12.1. The van der Waals surface area contributed by atoms with Gasteiger partial charge in [-0.05, 0) is 48.6 Å². The van der Waals surface area contributed by atoms with E-state index in [1.807, 2.05) is 6.92 Å². The van der Waals surface area contributed by atoms with Crippen LogP contribution in [0.2, 0.25) is 0 Å². The van der Waals surface area contributed by atoms with Crippen molar-refractivity contribution < 1.29 is 31.1 Å². The molecule has 13 heteroatoms. The van der Waals surface area contributed by atoms with Gasteiger partial charge in [0.2, 0.25) is 0 Å². The molecule has 0 radical (unpaired) electrons. The van der Waals surface area contributed by atoms with Crippen LogP contribution in [0.5, 0.6) is 0 Å². The maximum atomic E-state index is 13.7. The molecule has 1 amide bonds. The Bertz CT molecular complexity index is 1810. The van der Waals surface area contributed by atoms with Crippen LogP contribution < -0.4 is 10.4 Å². The Labute approximate surface area is 252 Å². The number of nitrogens with zero attached hydrogens (tertiary/aromatic N) is 3. The lowest BCUT2D eigenvalue weighted by Crippen LogP contribution is -2.38. The number of carbonyl (C=O) groups excluding carboxylic acids is 1. The predicted octanol–water partition coefficient (Wildman–Crippen LogP) is 5.09. The number of amides is 1. The lowest BCUT2D eigenvalue weighted by Gasteiger charge is -2.14. The van der Waals surface area contributed by atoms with Crippen molar-refractivity contribution in [2.45, 2.75) is 62.7 Å². The summed E-state index contributed by atoms with van der Waals surface area (Å²) < 4.78 is 77.1. The number of benzene rings is 3. The van der Waals surface area contributed by atoms with Crippen LogP contribution in [-0.2, 0) is 38.7 Å². The lowest BCUT2D eigenvalue weighted by molar-refractivity contribution is -0.137. The summed E-state index contributed by atoms with van der Waals surface area (Å²) in [4.78, 5) is 25.8. The van der Waals surface area contributed by atoms with Gasteiger partial charge in [0.15, 0.2) is 0 Å². The SMILES string of the molecule is CCCCc1nn(-c2ccccc2C(F)(F)F)c(=O)n1Cc1ccc(-c2ccccc2S(=O)(=O)NC(=O)C2CCCO2)cc1. The lowest BCUT2D eigenvalue weighted by atomic mass is 10.0. The van der Waals surface area contributed by atoms with Gasteiger partial charge in [0.05, 0.1) is 22.7 Å². The maximum absolute atomic E-state index is 13.7. The van der Waals surface area contributed by atoms with E-state index in [4.69, 9.17) is 4.74 Å². The van der Waals surface area contributed by atoms with E-state index >= 15 is 0 Å². The third kappa shape index (κ3) is 6.63. The highest BCUT2D eigenvalue weighted by molar-refractivity contribution is 7.90. The maximum Gasteiger partial charge on any atom is 0.418 e. The van der Waals surface area contributed by atoms with E-state index in [1.54, 1.807) is 42.5 Å². The largest absolute Gasteiger partial charge is 0.418 e. The first-order valence-corrected chi connectivity index (χ1v) is 15.7. The van der Waals surface area contributed by atoms with Crippen molar-refractivity contribution >= 4 is 15.9 Å². The second kappa shape index (κ2) is 12.8. The minimum atomic E-state index is -4.67. The monoisotopic (exact) mass is 628 g/mol. The van der Waals surface area contributed by atoms with Crippen molar-refractivity contribution in [1.29, 1.82) is 0 Å². The quantitative estimate of drug-likeness (QED) is 0.262. The molecule has 1 saturated heterocycles. The zero-order chi connectivity index (χ0) is 31.5. The molecule has 1 aliphatic rings. The van der Waals surface area contributed by atoms with Crippen LogP contribution in [0.4, 0.5) is 13.2 Å². The number of rotatable bonds is 10. The number of aryl methyl sites for hydroxylation is 1. The predicted molar refractivity (Wildman–Crippen MR) is 157 cm³/mol. The third-order valence-electron chi connectivity index (χ3n) is 7.37. The highest BCUT2D eigenvalue weighted by Gasteiger charge is 2.35. The number of unbranched alkanes of at least 4 members (excludes halogenated alkanes) is 1. The number of carbonyl (C=O) groups is 1. The zero-order valence-electron chi connectivity index (χ0n) is 23.9. The Morgan fingerprint density at radius 3 is 2.43 bits per heavy atom. The molecule has 0 aliphatic carbocycles. The van der Waals surface area contributed by atoms with E-state index in [9.17, 15) is 31.2 Å². The molecular weight excluding hydrogens is 597 g/mol. The van der Waals surface area contributed by atoms with Gasteiger partial charge in [0, 0.05) is 18.6 Å². The molecule has 2 heterocycles.